The second-order valence-electron chi connectivity index (χ2n) is 19.7. The smallest absolute Gasteiger partial charge is 0.0654 e. The van der Waals surface area contributed by atoms with E-state index in [0.29, 0.717) is 4.90 Å². The maximum atomic E-state index is 15.6. The molecule has 0 atom stereocenters. The third kappa shape index (κ3) is 22.2. The Bertz CT molecular complexity index is 1420. The molecule has 0 aliphatic carbocycles. The minimum atomic E-state index is -4.04. The van der Waals surface area contributed by atoms with Crippen molar-refractivity contribution in [2.24, 2.45) is 0 Å². The van der Waals surface area contributed by atoms with Crippen LogP contribution < -0.4 is 0 Å². The van der Waals surface area contributed by atoms with Crippen LogP contribution in [0.5, 0.6) is 0 Å². The van der Waals surface area contributed by atoms with Crippen LogP contribution in [-0.2, 0) is 26.9 Å². The standard InChI is InChI=1S/C56H103O3PS/c1-7-13-19-21-23-25-27-29-31-33-35-37-39-43-52-51-53-44-41-42-46-55(53)56(54(52)45-40-38-36-34-32-30-28-26-24-22-20-14-8-2)61(57,58)59-60(47-15-9-3,48-16-10-4,49-17-11-5)50-18-12-6/h41-42,44,46,51H,7-40,43,45,47-50H2,1-6H3. The van der Waals surface area contributed by atoms with Gasteiger partial charge in [0.25, 0.3) is 0 Å². The van der Waals surface area contributed by atoms with Crippen molar-refractivity contribution >= 4 is 27.7 Å². The Kier molecular flexibility index (Phi) is 31.7. The van der Waals surface area contributed by atoms with Gasteiger partial charge in [0.2, 0.25) is 0 Å². The van der Waals surface area contributed by atoms with Crippen molar-refractivity contribution in [2.75, 3.05) is 24.6 Å². The van der Waals surface area contributed by atoms with Crippen molar-refractivity contribution in [1.29, 1.82) is 0 Å². The molecule has 0 amide bonds. The van der Waals surface area contributed by atoms with Crippen LogP contribution in [0.2, 0.25) is 0 Å². The van der Waals surface area contributed by atoms with E-state index in [2.05, 4.69) is 65.8 Å². The summed E-state index contributed by atoms with van der Waals surface area (Å²) >= 11 is 0. The van der Waals surface area contributed by atoms with Crippen molar-refractivity contribution in [3.8, 4) is 0 Å². The molecule has 0 saturated heterocycles. The molecule has 0 unspecified atom stereocenters. The minimum Gasteiger partial charge on any atom is -0.0654 e. The Balaban J connectivity index is 2.37. The van der Waals surface area contributed by atoms with Crippen LogP contribution in [-0.4, -0.2) is 33.1 Å². The molecular formula is C56H103O3PS. The second kappa shape index (κ2) is 34.4. The van der Waals surface area contributed by atoms with Crippen molar-refractivity contribution in [3.63, 3.8) is 0 Å². The molecule has 2 aromatic rings. The first-order chi connectivity index (χ1) is 29.7. The van der Waals surface area contributed by atoms with Crippen LogP contribution >= 0.6 is 6.83 Å². The van der Waals surface area contributed by atoms with E-state index in [0.717, 1.165) is 118 Å². The first-order valence-electron chi connectivity index (χ1n) is 27.3. The molecule has 0 aliphatic heterocycles. The molecule has 0 spiro atoms. The van der Waals surface area contributed by atoms with Crippen LogP contribution in [0.25, 0.3) is 10.8 Å². The number of hydrogen-bond donors (Lipinski definition) is 0. The minimum absolute atomic E-state index is 0.546. The zero-order valence-corrected chi connectivity index (χ0v) is 43.5. The molecule has 0 bridgehead atoms. The molecule has 5 heteroatoms. The van der Waals surface area contributed by atoms with Crippen molar-refractivity contribution in [3.05, 3.63) is 41.5 Å². The van der Waals surface area contributed by atoms with E-state index in [1.54, 1.807) is 0 Å². The first-order valence-corrected chi connectivity index (χ1v) is 31.6. The fourth-order valence-electron chi connectivity index (χ4n) is 10.2. The van der Waals surface area contributed by atoms with Gasteiger partial charge >= 0.3 is 286 Å². The summed E-state index contributed by atoms with van der Waals surface area (Å²) in [5.41, 5.74) is 2.36. The van der Waals surface area contributed by atoms with Gasteiger partial charge in [0.15, 0.2) is 0 Å². The van der Waals surface area contributed by atoms with Crippen molar-refractivity contribution in [1.82, 2.24) is 0 Å². The monoisotopic (exact) mass is 887 g/mol. The summed E-state index contributed by atoms with van der Waals surface area (Å²) in [5.74, 6) is 0. The van der Waals surface area contributed by atoms with Gasteiger partial charge in [-0.2, -0.15) is 0 Å². The van der Waals surface area contributed by atoms with Gasteiger partial charge in [0.1, 0.15) is 0 Å². The zero-order chi connectivity index (χ0) is 44.4. The van der Waals surface area contributed by atoms with Gasteiger partial charge in [-0.05, 0) is 0 Å². The zero-order valence-electron chi connectivity index (χ0n) is 41.8. The first kappa shape index (κ1) is 56.2. The molecule has 356 valence electrons. The summed E-state index contributed by atoms with van der Waals surface area (Å²) in [6, 6.07) is 10.7. The molecule has 0 aliphatic rings. The Labute approximate surface area is 382 Å². The summed E-state index contributed by atoms with van der Waals surface area (Å²) < 4.78 is 38.6. The predicted octanol–water partition coefficient (Wildman–Crippen LogP) is 19.5. The topological polar surface area (TPSA) is 43.4 Å². The average molecular weight is 887 g/mol. The molecular weight excluding hydrogens is 784 g/mol. The second-order valence-corrected chi connectivity index (χ2v) is 27.2. The Hall–Kier alpha value is -0.960. The number of hydrogen-bond acceptors (Lipinski definition) is 3. The molecule has 2 aromatic carbocycles. The van der Waals surface area contributed by atoms with Crippen LogP contribution in [0.3, 0.4) is 0 Å². The molecule has 3 nitrogen and oxygen atoms in total. The molecule has 2 rings (SSSR count). The van der Waals surface area contributed by atoms with Crippen LogP contribution in [0.4, 0.5) is 0 Å². The predicted molar refractivity (Wildman–Crippen MR) is 277 cm³/mol. The third-order valence-corrected chi connectivity index (χ3v) is 23.4. The summed E-state index contributed by atoms with van der Waals surface area (Å²) in [6.07, 6.45) is 48.7. The van der Waals surface area contributed by atoms with Crippen LogP contribution in [0, 0.1) is 0 Å². The number of fused-ring (bicyclic) bond motifs is 1. The summed E-state index contributed by atoms with van der Waals surface area (Å²) in [6.45, 7) is 10.5. The van der Waals surface area contributed by atoms with E-state index in [1.807, 2.05) is 6.07 Å². The van der Waals surface area contributed by atoms with E-state index in [-0.39, 0.29) is 0 Å². The fourth-order valence-corrected chi connectivity index (χ4v) is 20.7. The quantitative estimate of drug-likeness (QED) is 0.0492. The van der Waals surface area contributed by atoms with Crippen LogP contribution in [0.15, 0.2) is 35.2 Å². The van der Waals surface area contributed by atoms with E-state index >= 15 is 8.42 Å². The molecule has 61 heavy (non-hydrogen) atoms. The third-order valence-electron chi connectivity index (χ3n) is 14.1. The normalized spacial score (nSPS) is 13.0. The molecule has 0 aromatic heterocycles. The number of rotatable bonds is 43. The number of unbranched alkanes of at least 4 members (excludes halogenated alkanes) is 28. The summed E-state index contributed by atoms with van der Waals surface area (Å²) in [5, 5.41) is 1.95. The van der Waals surface area contributed by atoms with Gasteiger partial charge < -0.3 is 0 Å². The van der Waals surface area contributed by atoms with Crippen LogP contribution in [0.1, 0.15) is 271 Å². The Morgan fingerprint density at radius 1 is 0.410 bits per heavy atom. The maximum absolute atomic E-state index is 15.6. The van der Waals surface area contributed by atoms with Crippen molar-refractivity contribution in [2.45, 2.75) is 278 Å². The van der Waals surface area contributed by atoms with E-state index in [4.69, 9.17) is 3.97 Å². The van der Waals surface area contributed by atoms with E-state index in [9.17, 15) is 0 Å². The molecule has 0 N–H and O–H groups in total. The average Bonchev–Trinajstić information content (AvgIpc) is 3.26. The molecule has 0 fully saturated rings. The summed E-state index contributed by atoms with van der Waals surface area (Å²) in [7, 11) is -4.04. The van der Waals surface area contributed by atoms with Gasteiger partial charge in [0, 0.05) is 0 Å². The molecule has 0 saturated carbocycles. The van der Waals surface area contributed by atoms with Gasteiger partial charge in [-0.3, -0.25) is 0 Å². The summed E-state index contributed by atoms with van der Waals surface area (Å²) in [4.78, 5) is 0.546. The number of benzene rings is 2. The molecule has 0 radical (unpaired) electrons. The van der Waals surface area contributed by atoms with E-state index < -0.39 is 16.9 Å². The van der Waals surface area contributed by atoms with Gasteiger partial charge in [-0.25, -0.2) is 0 Å². The Morgan fingerprint density at radius 3 is 1.11 bits per heavy atom. The molecule has 0 heterocycles. The van der Waals surface area contributed by atoms with E-state index in [1.165, 1.54) is 160 Å². The van der Waals surface area contributed by atoms with Gasteiger partial charge in [-0.1, -0.05) is 97.3 Å². The van der Waals surface area contributed by atoms with Gasteiger partial charge in [0.05, 0.1) is 0 Å². The Morgan fingerprint density at radius 2 is 0.738 bits per heavy atom. The SMILES string of the molecule is CCCCCCCCCCCCCCCc1cc2ccccc2c(S(=O)(=O)OP(CCCC)(CCCC)(CCCC)CCCC)c1CCCCCCCCCCCCCCC. The van der Waals surface area contributed by atoms with Crippen molar-refractivity contribution < 1.29 is 12.4 Å². The van der Waals surface area contributed by atoms with Gasteiger partial charge in [-0.15, -0.1) is 0 Å². The fraction of sp³-hybridized carbons (Fsp3) is 0.821. The number of aryl methyl sites for hydroxylation is 1.